The van der Waals surface area contributed by atoms with E-state index < -0.39 is 0 Å². The van der Waals surface area contributed by atoms with Gasteiger partial charge in [-0.15, -0.1) is 0 Å². The van der Waals surface area contributed by atoms with Crippen LogP contribution < -0.4 is 5.32 Å². The Bertz CT molecular complexity index is 552. The summed E-state index contributed by atoms with van der Waals surface area (Å²) in [5, 5.41) is 17.1. The lowest BCUT2D eigenvalue weighted by Gasteiger charge is -2.35. The van der Waals surface area contributed by atoms with E-state index in [9.17, 15) is 5.11 Å². The Hall–Kier alpha value is -1.60. The summed E-state index contributed by atoms with van der Waals surface area (Å²) in [4.78, 5) is 7.02. The first-order valence-electron chi connectivity index (χ1n) is 8.40. The van der Waals surface area contributed by atoms with Crippen LogP contribution in [0.3, 0.4) is 0 Å². The number of aliphatic hydroxyl groups excluding tert-OH is 1. The van der Waals surface area contributed by atoms with Crippen molar-refractivity contribution in [2.45, 2.75) is 25.9 Å². The third-order valence-electron chi connectivity index (χ3n) is 4.65. The minimum absolute atomic E-state index is 0.0223. The predicted octanol–water partition coefficient (Wildman–Crippen LogP) is 0.531. The highest BCUT2D eigenvalue weighted by Gasteiger charge is 2.42. The van der Waals surface area contributed by atoms with E-state index in [0.717, 1.165) is 44.0 Å². The topological polar surface area (TPSA) is 74.9 Å². The first-order valence-corrected chi connectivity index (χ1v) is 8.40. The van der Waals surface area contributed by atoms with Gasteiger partial charge in [0.25, 0.3) is 0 Å². The van der Waals surface area contributed by atoms with E-state index in [1.165, 1.54) is 0 Å². The molecule has 1 unspecified atom stereocenters. The van der Waals surface area contributed by atoms with Gasteiger partial charge in [-0.3, -0.25) is 9.67 Å². The number of nitrogens with zero attached hydrogens (tertiary/aromatic N) is 4. The highest BCUT2D eigenvalue weighted by atomic mass is 16.5. The maximum Gasteiger partial charge on any atom is 0.194 e. The maximum atomic E-state index is 9.47. The number of hydrogen-bond acceptors (Lipinski definition) is 4. The van der Waals surface area contributed by atoms with E-state index in [-0.39, 0.29) is 18.1 Å². The molecule has 128 valence electrons. The summed E-state index contributed by atoms with van der Waals surface area (Å²) in [6.07, 6.45) is 6.04. The van der Waals surface area contributed by atoms with Crippen LogP contribution in [0.15, 0.2) is 17.4 Å². The Morgan fingerprint density at radius 1 is 1.57 bits per heavy atom. The van der Waals surface area contributed by atoms with Crippen LogP contribution in [0.4, 0.5) is 0 Å². The molecule has 0 aromatic carbocycles. The Kier molecular flexibility index (Phi) is 4.87. The van der Waals surface area contributed by atoms with Crippen LogP contribution in [-0.4, -0.2) is 65.1 Å². The molecule has 1 aromatic heterocycles. The van der Waals surface area contributed by atoms with Crippen LogP contribution in [0, 0.1) is 5.41 Å². The van der Waals surface area contributed by atoms with Crippen molar-refractivity contribution in [3.8, 4) is 0 Å². The number of aryl methyl sites for hydroxylation is 1. The Morgan fingerprint density at radius 2 is 2.39 bits per heavy atom. The number of rotatable bonds is 5. The molecule has 0 spiro atoms. The molecule has 1 aliphatic carbocycles. The molecule has 1 aliphatic heterocycles. The second kappa shape index (κ2) is 6.88. The van der Waals surface area contributed by atoms with E-state index in [0.29, 0.717) is 13.2 Å². The molecule has 1 aromatic rings. The van der Waals surface area contributed by atoms with Gasteiger partial charge in [0.2, 0.25) is 0 Å². The average Bonchev–Trinajstić information content (AvgIpc) is 3.24. The predicted molar refractivity (Wildman–Crippen MR) is 88.2 cm³/mol. The smallest absolute Gasteiger partial charge is 0.194 e. The molecular weight excluding hydrogens is 294 g/mol. The van der Waals surface area contributed by atoms with Gasteiger partial charge in [-0.25, -0.2) is 0 Å². The molecule has 7 nitrogen and oxygen atoms in total. The van der Waals surface area contributed by atoms with Gasteiger partial charge in [-0.05, 0) is 19.8 Å². The van der Waals surface area contributed by atoms with Gasteiger partial charge in [0.1, 0.15) is 6.10 Å². The Morgan fingerprint density at radius 3 is 3.00 bits per heavy atom. The third-order valence-corrected chi connectivity index (χ3v) is 4.65. The number of hydrogen-bond donors (Lipinski definition) is 2. The Balaban J connectivity index is 1.67. The number of aromatic nitrogens is 2. The molecule has 1 atom stereocenters. The summed E-state index contributed by atoms with van der Waals surface area (Å²) >= 11 is 0. The van der Waals surface area contributed by atoms with E-state index in [1.54, 1.807) is 4.68 Å². The fourth-order valence-electron chi connectivity index (χ4n) is 2.86. The van der Waals surface area contributed by atoms with Gasteiger partial charge in [-0.2, -0.15) is 5.10 Å². The summed E-state index contributed by atoms with van der Waals surface area (Å²) in [6.45, 7) is 6.11. The minimum atomic E-state index is 0.0223. The number of nitrogens with one attached hydrogen (secondary N) is 1. The van der Waals surface area contributed by atoms with Crippen molar-refractivity contribution in [2.24, 2.45) is 17.5 Å². The molecule has 2 fully saturated rings. The lowest BCUT2D eigenvalue weighted by molar-refractivity contribution is -0.00809. The Labute approximate surface area is 137 Å². The number of aliphatic imine (C=N–C) groups is 1. The first kappa shape index (κ1) is 16.3. The van der Waals surface area contributed by atoms with Crippen molar-refractivity contribution in [2.75, 3.05) is 39.4 Å². The van der Waals surface area contributed by atoms with Gasteiger partial charge >= 0.3 is 0 Å². The number of aliphatic hydroxyl groups is 1. The van der Waals surface area contributed by atoms with E-state index in [4.69, 9.17) is 9.73 Å². The molecule has 23 heavy (non-hydrogen) atoms. The summed E-state index contributed by atoms with van der Waals surface area (Å²) in [6, 6.07) is 0. The maximum absolute atomic E-state index is 9.47. The summed E-state index contributed by atoms with van der Waals surface area (Å²) < 4.78 is 7.70. The first-order chi connectivity index (χ1) is 11.2. The molecule has 2 heterocycles. The lowest BCUT2D eigenvalue weighted by Crippen LogP contribution is -2.48. The van der Waals surface area contributed by atoms with Crippen LogP contribution in [0.5, 0.6) is 0 Å². The molecule has 3 rings (SSSR count). The normalized spacial score (nSPS) is 23.9. The fraction of sp³-hybridized carbons (Fsp3) is 0.750. The summed E-state index contributed by atoms with van der Waals surface area (Å²) in [7, 11) is 1.92. The van der Waals surface area contributed by atoms with Crippen LogP contribution >= 0.6 is 0 Å². The molecule has 0 radical (unpaired) electrons. The SMILES string of the molecule is CCNC(=NCC1(CO)CC1)N1CCOC(c2cnn(C)c2)C1. The quantitative estimate of drug-likeness (QED) is 0.611. The number of guanidine groups is 1. The average molecular weight is 321 g/mol. The van der Waals surface area contributed by atoms with E-state index in [2.05, 4.69) is 22.2 Å². The van der Waals surface area contributed by atoms with Crippen LogP contribution in [0.1, 0.15) is 31.4 Å². The summed E-state index contributed by atoms with van der Waals surface area (Å²) in [5.74, 6) is 0.921. The van der Waals surface area contributed by atoms with Crippen LogP contribution in [-0.2, 0) is 11.8 Å². The molecule has 7 heteroatoms. The zero-order chi connectivity index (χ0) is 16.3. The van der Waals surface area contributed by atoms with Gasteiger partial charge in [0, 0.05) is 37.3 Å². The minimum Gasteiger partial charge on any atom is -0.396 e. The monoisotopic (exact) mass is 321 g/mol. The van der Waals surface area contributed by atoms with Crippen LogP contribution in [0.2, 0.25) is 0 Å². The molecule has 2 N–H and O–H groups in total. The second-order valence-corrected chi connectivity index (χ2v) is 6.58. The van der Waals surface area contributed by atoms with Gasteiger partial charge in [-0.1, -0.05) is 0 Å². The lowest BCUT2D eigenvalue weighted by atomic mass is 10.1. The van der Waals surface area contributed by atoms with E-state index >= 15 is 0 Å². The van der Waals surface area contributed by atoms with Gasteiger partial charge in [0.05, 0.1) is 32.5 Å². The largest absolute Gasteiger partial charge is 0.396 e. The zero-order valence-corrected chi connectivity index (χ0v) is 14.0. The van der Waals surface area contributed by atoms with Crippen molar-refractivity contribution in [1.82, 2.24) is 20.0 Å². The standard InChI is InChI=1S/C16H27N5O2/c1-3-17-15(18-11-16(12-22)4-5-16)21-6-7-23-14(10-21)13-8-19-20(2)9-13/h8-9,14,22H,3-7,10-12H2,1-2H3,(H,17,18). The molecule has 1 saturated heterocycles. The molecular formula is C16H27N5O2. The molecule has 0 bridgehead atoms. The highest BCUT2D eigenvalue weighted by Crippen LogP contribution is 2.45. The highest BCUT2D eigenvalue weighted by molar-refractivity contribution is 5.80. The van der Waals surface area contributed by atoms with Crippen molar-refractivity contribution < 1.29 is 9.84 Å². The van der Waals surface area contributed by atoms with Crippen molar-refractivity contribution in [1.29, 1.82) is 0 Å². The van der Waals surface area contributed by atoms with Crippen molar-refractivity contribution in [3.05, 3.63) is 18.0 Å². The van der Waals surface area contributed by atoms with Crippen molar-refractivity contribution >= 4 is 5.96 Å². The fourth-order valence-corrected chi connectivity index (χ4v) is 2.86. The van der Waals surface area contributed by atoms with Crippen LogP contribution in [0.25, 0.3) is 0 Å². The summed E-state index contributed by atoms with van der Waals surface area (Å²) in [5.41, 5.74) is 1.14. The third kappa shape index (κ3) is 3.84. The number of ether oxygens (including phenoxy) is 1. The van der Waals surface area contributed by atoms with E-state index in [1.807, 2.05) is 19.4 Å². The zero-order valence-electron chi connectivity index (χ0n) is 14.0. The van der Waals surface area contributed by atoms with Gasteiger partial charge < -0.3 is 20.1 Å². The molecule has 0 amide bonds. The molecule has 1 saturated carbocycles. The van der Waals surface area contributed by atoms with Crippen molar-refractivity contribution in [3.63, 3.8) is 0 Å². The van der Waals surface area contributed by atoms with Gasteiger partial charge in [0.15, 0.2) is 5.96 Å². The molecule has 2 aliphatic rings. The number of morpholine rings is 1. The second-order valence-electron chi connectivity index (χ2n) is 6.58.